The Balaban J connectivity index is 1.85. The number of rotatable bonds is 3. The molecular formula is C12H16N2O5. The summed E-state index contributed by atoms with van der Waals surface area (Å²) in [5, 5.41) is 12.5. The first-order valence-corrected chi connectivity index (χ1v) is 6.07. The van der Waals surface area contributed by atoms with Crippen LogP contribution in [0.5, 0.6) is 0 Å². The van der Waals surface area contributed by atoms with Crippen molar-refractivity contribution < 1.29 is 24.3 Å². The fourth-order valence-electron chi connectivity index (χ4n) is 2.22. The zero-order valence-electron chi connectivity index (χ0n) is 10.5. The molecule has 0 atom stereocenters. The molecule has 104 valence electrons. The predicted octanol–water partition coefficient (Wildman–Crippen LogP) is 1.00. The molecule has 2 rings (SSSR count). The molecule has 1 amide bonds. The molecule has 7 heteroatoms. The van der Waals surface area contributed by atoms with Crippen molar-refractivity contribution in [1.29, 1.82) is 0 Å². The highest BCUT2D eigenvalue weighted by atomic mass is 16.7. The van der Waals surface area contributed by atoms with Gasteiger partial charge in [0, 0.05) is 32.4 Å². The third kappa shape index (κ3) is 2.86. The number of piperidine rings is 1. The van der Waals surface area contributed by atoms with Crippen LogP contribution in [0.2, 0.25) is 0 Å². The highest BCUT2D eigenvalue weighted by molar-refractivity contribution is 6.36. The number of likely N-dealkylation sites (tertiary alicyclic amines) is 1. The lowest BCUT2D eigenvalue weighted by Crippen LogP contribution is -2.47. The van der Waals surface area contributed by atoms with Crippen molar-refractivity contribution in [2.45, 2.75) is 24.9 Å². The van der Waals surface area contributed by atoms with Crippen LogP contribution in [0.1, 0.15) is 19.3 Å². The van der Waals surface area contributed by atoms with Gasteiger partial charge >= 0.3 is 12.1 Å². The average Bonchev–Trinajstić information content (AvgIpc) is 2.81. The predicted molar refractivity (Wildman–Crippen MR) is 65.9 cm³/mol. The Kier molecular flexibility index (Phi) is 3.73. The van der Waals surface area contributed by atoms with Crippen molar-refractivity contribution >= 4 is 17.8 Å². The number of carboxylic acids is 1. The molecule has 7 nitrogen and oxygen atoms in total. The first-order chi connectivity index (χ1) is 9.06. The summed E-state index contributed by atoms with van der Waals surface area (Å²) in [6.07, 6.45) is 2.52. The quantitative estimate of drug-likeness (QED) is 0.771. The van der Waals surface area contributed by atoms with Crippen molar-refractivity contribution in [1.82, 2.24) is 4.90 Å². The van der Waals surface area contributed by atoms with E-state index in [0.29, 0.717) is 25.9 Å². The molecule has 1 fully saturated rings. The number of aliphatic carboxylic acids is 1. The highest BCUT2D eigenvalue weighted by Crippen LogP contribution is 2.34. The molecule has 0 aromatic heterocycles. The first-order valence-electron chi connectivity index (χ1n) is 6.07. The molecule has 19 heavy (non-hydrogen) atoms. The Morgan fingerprint density at radius 1 is 1.53 bits per heavy atom. The number of hydrogen-bond donors (Lipinski definition) is 1. The van der Waals surface area contributed by atoms with Gasteiger partial charge in [-0.2, -0.15) is 0 Å². The second kappa shape index (κ2) is 5.29. The molecule has 1 N–H and O–H groups in total. The zero-order valence-corrected chi connectivity index (χ0v) is 10.5. The maximum atomic E-state index is 11.6. The van der Waals surface area contributed by atoms with Crippen molar-refractivity contribution in [2.24, 2.45) is 5.16 Å². The maximum Gasteiger partial charge on any atom is 0.410 e. The van der Waals surface area contributed by atoms with Gasteiger partial charge in [0.05, 0.1) is 0 Å². The van der Waals surface area contributed by atoms with Crippen LogP contribution in [0.4, 0.5) is 4.79 Å². The summed E-state index contributed by atoms with van der Waals surface area (Å²) in [4.78, 5) is 29.3. The van der Waals surface area contributed by atoms with Crippen LogP contribution in [0, 0.1) is 0 Å². The molecule has 2 heterocycles. The number of carboxylic acid groups (broad SMARTS) is 1. The van der Waals surface area contributed by atoms with Crippen LogP contribution in [0.25, 0.3) is 0 Å². The smallest absolute Gasteiger partial charge is 0.410 e. The molecule has 0 aromatic carbocycles. The molecule has 1 saturated heterocycles. The van der Waals surface area contributed by atoms with Crippen molar-refractivity contribution in [2.75, 3.05) is 19.7 Å². The van der Waals surface area contributed by atoms with E-state index >= 15 is 0 Å². The van der Waals surface area contributed by atoms with Gasteiger partial charge in [-0.05, 0) is 0 Å². The van der Waals surface area contributed by atoms with E-state index in [1.165, 1.54) is 6.08 Å². The summed E-state index contributed by atoms with van der Waals surface area (Å²) in [5.74, 6) is -1.05. The summed E-state index contributed by atoms with van der Waals surface area (Å²) >= 11 is 0. The minimum absolute atomic E-state index is 0.0442. The van der Waals surface area contributed by atoms with Gasteiger partial charge in [-0.3, -0.25) is 0 Å². The number of hydrogen-bond acceptors (Lipinski definition) is 5. The summed E-state index contributed by atoms with van der Waals surface area (Å²) in [6, 6.07) is 0. The molecule has 1 spiro atoms. The van der Waals surface area contributed by atoms with Gasteiger partial charge < -0.3 is 19.6 Å². The van der Waals surface area contributed by atoms with E-state index in [4.69, 9.17) is 14.7 Å². The van der Waals surface area contributed by atoms with Gasteiger partial charge in [0.1, 0.15) is 12.2 Å². The molecule has 0 saturated carbocycles. The number of oxime groups is 1. The fourth-order valence-corrected chi connectivity index (χ4v) is 2.22. The van der Waals surface area contributed by atoms with Crippen LogP contribution in [-0.4, -0.2) is 53.1 Å². The minimum Gasteiger partial charge on any atom is -0.477 e. The minimum atomic E-state index is -1.05. The third-order valence-electron chi connectivity index (χ3n) is 3.34. The van der Waals surface area contributed by atoms with Crippen molar-refractivity contribution in [3.63, 3.8) is 0 Å². The lowest BCUT2D eigenvalue weighted by atomic mass is 9.87. The number of carbonyl (C=O) groups is 2. The summed E-state index contributed by atoms with van der Waals surface area (Å²) < 4.78 is 4.95. The molecule has 0 aromatic rings. The monoisotopic (exact) mass is 268 g/mol. The largest absolute Gasteiger partial charge is 0.477 e. The number of ether oxygens (including phenoxy) is 1. The topological polar surface area (TPSA) is 88.4 Å². The third-order valence-corrected chi connectivity index (χ3v) is 3.34. The standard InChI is InChI=1S/C12H16N2O5/c1-2-7-18-11(17)14-5-3-12(4-6-14)8-9(10(15)16)13-19-12/h2H,1,3-8H2,(H,15,16). The van der Waals surface area contributed by atoms with Crippen molar-refractivity contribution in [3.8, 4) is 0 Å². The number of amides is 1. The molecule has 0 aliphatic carbocycles. The normalized spacial score (nSPS) is 20.6. The van der Waals surface area contributed by atoms with E-state index in [1.807, 2.05) is 0 Å². The number of nitrogens with zero attached hydrogens (tertiary/aromatic N) is 2. The van der Waals surface area contributed by atoms with Gasteiger partial charge in [-0.1, -0.05) is 17.8 Å². The van der Waals surface area contributed by atoms with Crippen LogP contribution >= 0.6 is 0 Å². The summed E-state index contributed by atoms with van der Waals surface area (Å²) in [5.41, 5.74) is -0.522. The lowest BCUT2D eigenvalue weighted by Gasteiger charge is -2.36. The molecular weight excluding hydrogens is 252 g/mol. The van der Waals surface area contributed by atoms with Crippen LogP contribution in [0.3, 0.4) is 0 Å². The molecule has 0 bridgehead atoms. The van der Waals surface area contributed by atoms with Crippen LogP contribution in [0.15, 0.2) is 17.8 Å². The molecule has 2 aliphatic rings. The Hall–Kier alpha value is -2.05. The number of carbonyl (C=O) groups excluding carboxylic acids is 1. The van der Waals surface area contributed by atoms with Gasteiger partial charge in [0.15, 0.2) is 5.71 Å². The van der Waals surface area contributed by atoms with Gasteiger partial charge in [0.2, 0.25) is 0 Å². The zero-order chi connectivity index (χ0) is 13.9. The van der Waals surface area contributed by atoms with Crippen molar-refractivity contribution in [3.05, 3.63) is 12.7 Å². The van der Waals surface area contributed by atoms with E-state index in [9.17, 15) is 9.59 Å². The second-order valence-electron chi connectivity index (χ2n) is 4.65. The van der Waals surface area contributed by atoms with E-state index in [0.717, 1.165) is 0 Å². The van der Waals surface area contributed by atoms with E-state index in [-0.39, 0.29) is 24.8 Å². The van der Waals surface area contributed by atoms with E-state index < -0.39 is 11.6 Å². The van der Waals surface area contributed by atoms with Gasteiger partial charge in [-0.15, -0.1) is 0 Å². The second-order valence-corrected chi connectivity index (χ2v) is 4.65. The van der Waals surface area contributed by atoms with Gasteiger partial charge in [0.25, 0.3) is 0 Å². The fraction of sp³-hybridized carbons (Fsp3) is 0.583. The highest BCUT2D eigenvalue weighted by Gasteiger charge is 2.44. The first kappa shape index (κ1) is 13.4. The van der Waals surface area contributed by atoms with Gasteiger partial charge in [-0.25, -0.2) is 9.59 Å². The van der Waals surface area contributed by atoms with E-state index in [1.54, 1.807) is 4.90 Å². The van der Waals surface area contributed by atoms with Crippen LogP contribution in [-0.2, 0) is 14.4 Å². The SMILES string of the molecule is C=CCOC(=O)N1CCC2(CC1)CC(C(=O)O)=NO2. The molecule has 2 aliphatic heterocycles. The Bertz CT molecular complexity index is 424. The summed E-state index contributed by atoms with van der Waals surface area (Å²) in [7, 11) is 0. The van der Waals surface area contributed by atoms with Crippen LogP contribution < -0.4 is 0 Å². The Morgan fingerprint density at radius 3 is 2.74 bits per heavy atom. The Morgan fingerprint density at radius 2 is 2.21 bits per heavy atom. The summed E-state index contributed by atoms with van der Waals surface area (Å²) in [6.45, 7) is 4.60. The molecule has 0 radical (unpaired) electrons. The lowest BCUT2D eigenvalue weighted by molar-refractivity contribution is -0.129. The van der Waals surface area contributed by atoms with E-state index in [2.05, 4.69) is 11.7 Å². The average molecular weight is 268 g/mol. The maximum absolute atomic E-state index is 11.6. The Labute approximate surface area is 110 Å². The molecule has 0 unspecified atom stereocenters.